The number of aromatic nitrogens is 3. The Morgan fingerprint density at radius 2 is 2.00 bits per heavy atom. The van der Waals surface area contributed by atoms with Crippen molar-refractivity contribution in [3.63, 3.8) is 0 Å². The summed E-state index contributed by atoms with van der Waals surface area (Å²) in [6, 6.07) is 6.09. The van der Waals surface area contributed by atoms with E-state index in [0.29, 0.717) is 5.56 Å². The lowest BCUT2D eigenvalue weighted by atomic mass is 9.93. The zero-order valence-corrected chi connectivity index (χ0v) is 13.4. The van der Waals surface area contributed by atoms with Crippen LogP contribution in [-0.2, 0) is 5.41 Å². The van der Waals surface area contributed by atoms with E-state index in [1.165, 1.54) is 18.3 Å². The SMILES string of the molecule is CC(C)(C)c1nnc(N/N=C/c2ccccc2[N+](=O)[O-])n(N)c1=O. The first kappa shape index (κ1) is 17.1. The third-order valence-electron chi connectivity index (χ3n) is 3.11. The minimum Gasteiger partial charge on any atom is -0.333 e. The van der Waals surface area contributed by atoms with Crippen molar-refractivity contribution in [2.45, 2.75) is 26.2 Å². The maximum absolute atomic E-state index is 12.2. The number of nitrogens with one attached hydrogen (secondary N) is 1. The van der Waals surface area contributed by atoms with Crippen LogP contribution in [0.3, 0.4) is 0 Å². The van der Waals surface area contributed by atoms with Crippen LogP contribution in [0.2, 0.25) is 0 Å². The smallest absolute Gasteiger partial charge is 0.295 e. The summed E-state index contributed by atoms with van der Waals surface area (Å²) in [5, 5.41) is 22.4. The first-order valence-electron chi connectivity index (χ1n) is 6.99. The van der Waals surface area contributed by atoms with Gasteiger partial charge in [0.1, 0.15) is 5.69 Å². The molecule has 2 aromatic rings. The Bertz CT molecular complexity index is 852. The van der Waals surface area contributed by atoms with E-state index in [0.717, 1.165) is 4.68 Å². The fourth-order valence-electron chi connectivity index (χ4n) is 1.87. The van der Waals surface area contributed by atoms with Gasteiger partial charge in [-0.3, -0.25) is 14.9 Å². The number of nitrogens with two attached hydrogens (primary N) is 1. The van der Waals surface area contributed by atoms with E-state index >= 15 is 0 Å². The van der Waals surface area contributed by atoms with Crippen molar-refractivity contribution in [3.8, 4) is 0 Å². The molecular weight excluding hydrogens is 314 g/mol. The van der Waals surface area contributed by atoms with Gasteiger partial charge in [-0.05, 0) is 6.07 Å². The van der Waals surface area contributed by atoms with E-state index in [9.17, 15) is 14.9 Å². The van der Waals surface area contributed by atoms with Gasteiger partial charge in [-0.15, -0.1) is 10.2 Å². The summed E-state index contributed by atoms with van der Waals surface area (Å²) in [6.07, 6.45) is 1.24. The Morgan fingerprint density at radius 3 is 2.62 bits per heavy atom. The van der Waals surface area contributed by atoms with Gasteiger partial charge < -0.3 is 5.84 Å². The molecule has 1 heterocycles. The van der Waals surface area contributed by atoms with Crippen LogP contribution in [-0.4, -0.2) is 26.0 Å². The molecular formula is C14H17N7O3. The predicted octanol–water partition coefficient (Wildman–Crippen LogP) is 1.00. The highest BCUT2D eigenvalue weighted by Crippen LogP contribution is 2.16. The third-order valence-corrected chi connectivity index (χ3v) is 3.11. The molecule has 0 aliphatic carbocycles. The van der Waals surface area contributed by atoms with E-state index in [1.54, 1.807) is 12.1 Å². The van der Waals surface area contributed by atoms with Crippen molar-refractivity contribution in [2.75, 3.05) is 11.3 Å². The molecule has 0 atom stereocenters. The number of nitrogen functional groups attached to an aromatic ring is 1. The molecule has 0 aliphatic rings. The minimum absolute atomic E-state index is 0.0807. The number of hydrogen-bond acceptors (Lipinski definition) is 8. The topological polar surface area (TPSA) is 141 Å². The second-order valence-electron chi connectivity index (χ2n) is 5.98. The fraction of sp³-hybridized carbons (Fsp3) is 0.286. The van der Waals surface area contributed by atoms with Crippen LogP contribution < -0.4 is 16.8 Å². The Kier molecular flexibility index (Phi) is 4.58. The van der Waals surface area contributed by atoms with Gasteiger partial charge in [0.2, 0.25) is 0 Å². The lowest BCUT2D eigenvalue weighted by molar-refractivity contribution is -0.385. The molecule has 1 aromatic carbocycles. The second kappa shape index (κ2) is 6.44. The molecule has 10 nitrogen and oxygen atoms in total. The average Bonchev–Trinajstić information content (AvgIpc) is 2.50. The molecule has 0 aliphatic heterocycles. The van der Waals surface area contributed by atoms with Crippen LogP contribution in [0.1, 0.15) is 32.0 Å². The van der Waals surface area contributed by atoms with Crippen molar-refractivity contribution in [3.05, 3.63) is 56.0 Å². The number of anilines is 1. The zero-order valence-electron chi connectivity index (χ0n) is 13.4. The quantitative estimate of drug-likeness (QED) is 0.368. The number of para-hydroxylation sites is 1. The van der Waals surface area contributed by atoms with Crippen molar-refractivity contribution in [1.29, 1.82) is 0 Å². The first-order valence-corrected chi connectivity index (χ1v) is 6.99. The van der Waals surface area contributed by atoms with Gasteiger partial charge >= 0.3 is 0 Å². The van der Waals surface area contributed by atoms with Gasteiger partial charge in [-0.2, -0.15) is 9.78 Å². The molecule has 2 rings (SSSR count). The van der Waals surface area contributed by atoms with Gasteiger partial charge in [-0.25, -0.2) is 5.43 Å². The molecule has 3 N–H and O–H groups in total. The monoisotopic (exact) mass is 331 g/mol. The van der Waals surface area contributed by atoms with Crippen LogP contribution in [0, 0.1) is 10.1 Å². The van der Waals surface area contributed by atoms with Crippen LogP contribution >= 0.6 is 0 Å². The fourth-order valence-corrected chi connectivity index (χ4v) is 1.87. The Balaban J connectivity index is 2.26. The second-order valence-corrected chi connectivity index (χ2v) is 5.98. The van der Waals surface area contributed by atoms with Gasteiger partial charge in [0, 0.05) is 11.5 Å². The van der Waals surface area contributed by atoms with Crippen molar-refractivity contribution >= 4 is 17.9 Å². The number of hydrazone groups is 1. The standard InChI is InChI=1S/C14H17N7O3/c1-14(2,3)11-12(22)20(15)13(19-17-11)18-16-8-9-6-4-5-7-10(9)21(23)24/h4-8H,15H2,1-3H3,(H,18,19)/b16-8+. The lowest BCUT2D eigenvalue weighted by Gasteiger charge is -2.16. The van der Waals surface area contributed by atoms with Gasteiger partial charge in [-0.1, -0.05) is 32.9 Å². The highest BCUT2D eigenvalue weighted by molar-refractivity contribution is 5.85. The van der Waals surface area contributed by atoms with Gasteiger partial charge in [0.15, 0.2) is 0 Å². The molecule has 0 spiro atoms. The average molecular weight is 331 g/mol. The lowest BCUT2D eigenvalue weighted by Crippen LogP contribution is -2.38. The Hall–Kier alpha value is -3.30. The van der Waals surface area contributed by atoms with Crippen molar-refractivity contribution in [2.24, 2.45) is 5.10 Å². The highest BCUT2D eigenvalue weighted by Gasteiger charge is 2.22. The number of nitro groups is 1. The summed E-state index contributed by atoms with van der Waals surface area (Å²) in [7, 11) is 0. The van der Waals surface area contributed by atoms with Gasteiger partial charge in [0.25, 0.3) is 17.2 Å². The van der Waals surface area contributed by atoms with Crippen LogP contribution in [0.4, 0.5) is 11.6 Å². The molecule has 126 valence electrons. The summed E-state index contributed by atoms with van der Waals surface area (Å²) >= 11 is 0. The maximum atomic E-state index is 12.2. The van der Waals surface area contributed by atoms with E-state index in [1.807, 2.05) is 20.8 Å². The summed E-state index contributed by atoms with van der Waals surface area (Å²) in [4.78, 5) is 22.6. The molecule has 24 heavy (non-hydrogen) atoms. The molecule has 10 heteroatoms. The Labute approximate surface area is 137 Å². The highest BCUT2D eigenvalue weighted by atomic mass is 16.6. The number of nitro benzene ring substituents is 1. The molecule has 0 unspecified atom stereocenters. The third kappa shape index (κ3) is 3.54. The zero-order chi connectivity index (χ0) is 17.9. The minimum atomic E-state index is -0.516. The van der Waals surface area contributed by atoms with Crippen LogP contribution in [0.5, 0.6) is 0 Å². The molecule has 0 saturated heterocycles. The summed E-state index contributed by atoms with van der Waals surface area (Å²) in [5.41, 5.74) is 1.87. The van der Waals surface area contributed by atoms with Crippen LogP contribution in [0.25, 0.3) is 0 Å². The van der Waals surface area contributed by atoms with E-state index in [4.69, 9.17) is 5.84 Å². The molecule has 0 bridgehead atoms. The number of rotatable bonds is 4. The number of hydrogen-bond donors (Lipinski definition) is 2. The molecule has 1 aromatic heterocycles. The molecule has 0 amide bonds. The largest absolute Gasteiger partial charge is 0.333 e. The molecule has 0 radical (unpaired) electrons. The normalized spacial score (nSPS) is 11.6. The van der Waals surface area contributed by atoms with Crippen molar-refractivity contribution < 1.29 is 4.92 Å². The first-order chi connectivity index (χ1) is 11.2. The molecule has 0 fully saturated rings. The number of benzene rings is 1. The van der Waals surface area contributed by atoms with Gasteiger partial charge in [0.05, 0.1) is 16.7 Å². The maximum Gasteiger partial charge on any atom is 0.295 e. The van der Waals surface area contributed by atoms with E-state index < -0.39 is 15.9 Å². The predicted molar refractivity (Wildman–Crippen MR) is 89.5 cm³/mol. The Morgan fingerprint density at radius 1 is 1.33 bits per heavy atom. The van der Waals surface area contributed by atoms with Crippen molar-refractivity contribution in [1.82, 2.24) is 14.9 Å². The summed E-state index contributed by atoms with van der Waals surface area (Å²) in [5.74, 6) is 5.61. The van der Waals surface area contributed by atoms with E-state index in [-0.39, 0.29) is 17.3 Å². The summed E-state index contributed by atoms with van der Waals surface area (Å²) in [6.45, 7) is 5.45. The summed E-state index contributed by atoms with van der Waals surface area (Å²) < 4.78 is 0.796. The van der Waals surface area contributed by atoms with Crippen LogP contribution in [0.15, 0.2) is 34.2 Å². The number of nitrogens with zero attached hydrogens (tertiary/aromatic N) is 5. The van der Waals surface area contributed by atoms with E-state index in [2.05, 4.69) is 20.7 Å². The molecule has 0 saturated carbocycles.